The van der Waals surface area contributed by atoms with Crippen LogP contribution in [0.3, 0.4) is 0 Å². The fourth-order valence-corrected chi connectivity index (χ4v) is 2.46. The summed E-state index contributed by atoms with van der Waals surface area (Å²) in [5.74, 6) is 0.0661. The maximum absolute atomic E-state index is 12.0. The van der Waals surface area contributed by atoms with Crippen LogP contribution in [-0.4, -0.2) is 16.0 Å². The molecule has 0 radical (unpaired) electrons. The molecule has 0 spiro atoms. The van der Waals surface area contributed by atoms with Crippen molar-refractivity contribution in [2.24, 2.45) is 0 Å². The third-order valence-corrected chi connectivity index (χ3v) is 3.38. The summed E-state index contributed by atoms with van der Waals surface area (Å²) in [6, 6.07) is 6.87. The SMILES string of the molecule is Cc1cc(NC(=O)c2ccc3nc(N)sc3c2)on1. The zero-order valence-corrected chi connectivity index (χ0v) is 10.8. The van der Waals surface area contributed by atoms with Crippen molar-refractivity contribution in [1.82, 2.24) is 10.1 Å². The van der Waals surface area contributed by atoms with Crippen molar-refractivity contribution >= 4 is 38.5 Å². The first kappa shape index (κ1) is 11.7. The van der Waals surface area contributed by atoms with E-state index in [2.05, 4.69) is 15.5 Å². The second-order valence-electron chi connectivity index (χ2n) is 4.02. The number of carbonyl (C=O) groups excluding carboxylic acids is 1. The summed E-state index contributed by atoms with van der Waals surface area (Å²) in [4.78, 5) is 16.2. The predicted octanol–water partition coefficient (Wildman–Crippen LogP) is 2.43. The van der Waals surface area contributed by atoms with Gasteiger partial charge in [0.25, 0.3) is 5.91 Å². The van der Waals surface area contributed by atoms with Gasteiger partial charge in [-0.05, 0) is 25.1 Å². The molecule has 0 atom stereocenters. The lowest BCUT2D eigenvalue weighted by Gasteiger charge is -2.00. The van der Waals surface area contributed by atoms with Crippen LogP contribution in [0, 0.1) is 6.92 Å². The molecule has 2 aromatic heterocycles. The molecule has 0 aliphatic rings. The molecule has 1 amide bonds. The second-order valence-corrected chi connectivity index (χ2v) is 5.08. The Kier molecular flexibility index (Phi) is 2.68. The molecule has 19 heavy (non-hydrogen) atoms. The highest BCUT2D eigenvalue weighted by Crippen LogP contribution is 2.25. The van der Waals surface area contributed by atoms with Crippen LogP contribution >= 0.6 is 11.3 Å². The maximum Gasteiger partial charge on any atom is 0.258 e. The average Bonchev–Trinajstić information content (AvgIpc) is 2.93. The molecule has 3 N–H and O–H groups in total. The number of nitrogens with zero attached hydrogens (tertiary/aromatic N) is 2. The van der Waals surface area contributed by atoms with E-state index in [1.54, 1.807) is 31.2 Å². The van der Waals surface area contributed by atoms with E-state index in [1.165, 1.54) is 11.3 Å². The summed E-state index contributed by atoms with van der Waals surface area (Å²) in [6.07, 6.45) is 0. The van der Waals surface area contributed by atoms with Gasteiger partial charge < -0.3 is 10.3 Å². The monoisotopic (exact) mass is 274 g/mol. The number of thiazole rings is 1. The van der Waals surface area contributed by atoms with Crippen LogP contribution in [-0.2, 0) is 0 Å². The summed E-state index contributed by atoms with van der Waals surface area (Å²) in [7, 11) is 0. The van der Waals surface area contributed by atoms with E-state index in [4.69, 9.17) is 10.3 Å². The van der Waals surface area contributed by atoms with Gasteiger partial charge in [0.15, 0.2) is 5.13 Å². The molecule has 3 aromatic rings. The second kappa shape index (κ2) is 4.36. The lowest BCUT2D eigenvalue weighted by Crippen LogP contribution is -2.10. The van der Waals surface area contributed by atoms with Crippen molar-refractivity contribution < 1.29 is 9.32 Å². The number of hydrogen-bond donors (Lipinski definition) is 2. The number of fused-ring (bicyclic) bond motifs is 1. The number of nitrogens with two attached hydrogens (primary N) is 1. The highest BCUT2D eigenvalue weighted by molar-refractivity contribution is 7.22. The van der Waals surface area contributed by atoms with Gasteiger partial charge in [-0.3, -0.25) is 10.1 Å². The van der Waals surface area contributed by atoms with Crippen LogP contribution in [0.5, 0.6) is 0 Å². The summed E-state index contributed by atoms with van der Waals surface area (Å²) >= 11 is 1.35. The van der Waals surface area contributed by atoms with E-state index in [9.17, 15) is 4.79 Å². The lowest BCUT2D eigenvalue weighted by atomic mass is 10.2. The van der Waals surface area contributed by atoms with E-state index in [0.717, 1.165) is 10.2 Å². The van der Waals surface area contributed by atoms with Crippen molar-refractivity contribution in [3.05, 3.63) is 35.5 Å². The van der Waals surface area contributed by atoms with Gasteiger partial charge in [0.2, 0.25) is 5.88 Å². The van der Waals surface area contributed by atoms with Crippen LogP contribution in [0.1, 0.15) is 16.1 Å². The van der Waals surface area contributed by atoms with E-state index in [0.29, 0.717) is 22.3 Å². The van der Waals surface area contributed by atoms with Crippen molar-refractivity contribution in [2.75, 3.05) is 11.1 Å². The van der Waals surface area contributed by atoms with E-state index < -0.39 is 0 Å². The molecular formula is C12H10N4O2S. The molecule has 96 valence electrons. The van der Waals surface area contributed by atoms with Gasteiger partial charge in [-0.15, -0.1) is 0 Å². The molecule has 0 fully saturated rings. The molecule has 0 bridgehead atoms. The third-order valence-electron chi connectivity index (χ3n) is 2.53. The molecular weight excluding hydrogens is 264 g/mol. The van der Waals surface area contributed by atoms with Crippen LogP contribution in [0.25, 0.3) is 10.2 Å². The number of benzene rings is 1. The summed E-state index contributed by atoms with van der Waals surface area (Å²) < 4.78 is 5.81. The average molecular weight is 274 g/mol. The predicted molar refractivity (Wildman–Crippen MR) is 73.2 cm³/mol. The third kappa shape index (κ3) is 2.27. The summed E-state index contributed by atoms with van der Waals surface area (Å²) in [5.41, 5.74) is 7.64. The van der Waals surface area contributed by atoms with Gasteiger partial charge in [-0.1, -0.05) is 16.5 Å². The van der Waals surface area contributed by atoms with Crippen molar-refractivity contribution in [3.8, 4) is 0 Å². The number of rotatable bonds is 2. The molecule has 1 aromatic carbocycles. The minimum Gasteiger partial charge on any atom is -0.375 e. The zero-order valence-electron chi connectivity index (χ0n) is 10.0. The number of amides is 1. The van der Waals surface area contributed by atoms with Gasteiger partial charge in [0.1, 0.15) is 0 Å². The number of aryl methyl sites for hydroxylation is 1. The molecule has 0 aliphatic heterocycles. The topological polar surface area (TPSA) is 94.0 Å². The number of nitrogens with one attached hydrogen (secondary N) is 1. The fourth-order valence-electron chi connectivity index (χ4n) is 1.69. The standard InChI is InChI=1S/C12H10N4O2S/c1-6-4-10(18-16-6)15-11(17)7-2-3-8-9(5-7)19-12(13)14-8/h2-5H,1H3,(H2,13,14)(H,15,17). The molecule has 6 nitrogen and oxygen atoms in total. The molecule has 0 unspecified atom stereocenters. The number of nitrogen functional groups attached to an aromatic ring is 1. The van der Waals surface area contributed by atoms with Gasteiger partial charge in [-0.2, -0.15) is 0 Å². The summed E-state index contributed by atoms with van der Waals surface area (Å²) in [5, 5.41) is 6.82. The number of hydrogen-bond acceptors (Lipinski definition) is 6. The largest absolute Gasteiger partial charge is 0.375 e. The van der Waals surface area contributed by atoms with Gasteiger partial charge in [0.05, 0.1) is 15.9 Å². The normalized spacial score (nSPS) is 10.8. The molecule has 7 heteroatoms. The Morgan fingerprint density at radius 1 is 1.42 bits per heavy atom. The lowest BCUT2D eigenvalue weighted by molar-refractivity contribution is 0.102. The Morgan fingerprint density at radius 3 is 3.00 bits per heavy atom. The number of anilines is 2. The highest BCUT2D eigenvalue weighted by atomic mass is 32.1. The first-order chi connectivity index (χ1) is 9.11. The highest BCUT2D eigenvalue weighted by Gasteiger charge is 2.11. The van der Waals surface area contributed by atoms with Crippen molar-refractivity contribution in [3.63, 3.8) is 0 Å². The van der Waals surface area contributed by atoms with Crippen molar-refractivity contribution in [1.29, 1.82) is 0 Å². The first-order valence-corrected chi connectivity index (χ1v) is 6.34. The summed E-state index contributed by atoms with van der Waals surface area (Å²) in [6.45, 7) is 1.78. The van der Waals surface area contributed by atoms with Gasteiger partial charge in [0, 0.05) is 11.6 Å². The molecule has 3 rings (SSSR count). The Labute approximate surface area is 112 Å². The molecule has 2 heterocycles. The Morgan fingerprint density at radius 2 is 2.26 bits per heavy atom. The van der Waals surface area contributed by atoms with Crippen LogP contribution in [0.2, 0.25) is 0 Å². The quantitative estimate of drug-likeness (QED) is 0.748. The zero-order chi connectivity index (χ0) is 13.4. The molecule has 0 saturated carbocycles. The first-order valence-electron chi connectivity index (χ1n) is 5.52. The maximum atomic E-state index is 12.0. The Hall–Kier alpha value is -2.41. The van der Waals surface area contributed by atoms with Gasteiger partial charge >= 0.3 is 0 Å². The van der Waals surface area contributed by atoms with Crippen molar-refractivity contribution in [2.45, 2.75) is 6.92 Å². The van der Waals surface area contributed by atoms with E-state index in [1.807, 2.05) is 0 Å². The Bertz CT molecular complexity index is 762. The van der Waals surface area contributed by atoms with Crippen LogP contribution in [0.15, 0.2) is 28.8 Å². The number of aromatic nitrogens is 2. The minimum atomic E-state index is -0.259. The van der Waals surface area contributed by atoms with Crippen LogP contribution < -0.4 is 11.1 Å². The smallest absolute Gasteiger partial charge is 0.258 e. The molecule has 0 saturated heterocycles. The number of carbonyl (C=O) groups is 1. The Balaban J connectivity index is 1.88. The van der Waals surface area contributed by atoms with Gasteiger partial charge in [-0.25, -0.2) is 4.98 Å². The van der Waals surface area contributed by atoms with Crippen LogP contribution in [0.4, 0.5) is 11.0 Å². The fraction of sp³-hybridized carbons (Fsp3) is 0.0833. The minimum absolute atomic E-state index is 0.259. The van der Waals surface area contributed by atoms with E-state index >= 15 is 0 Å². The molecule has 0 aliphatic carbocycles. The van der Waals surface area contributed by atoms with E-state index in [-0.39, 0.29) is 5.91 Å².